The number of unbranched alkanes of at least 4 members (excludes halogenated alkanes) is 4. The van der Waals surface area contributed by atoms with E-state index in [1.807, 2.05) is 0 Å². The molecular formula is C22H24Se. The molecule has 0 nitrogen and oxygen atoms in total. The maximum atomic E-state index is 3.43. The van der Waals surface area contributed by atoms with Crippen molar-refractivity contribution in [3.63, 3.8) is 0 Å². The Balaban J connectivity index is 2.06. The summed E-state index contributed by atoms with van der Waals surface area (Å²) in [5, 5.41) is 0. The molecule has 0 amide bonds. The van der Waals surface area contributed by atoms with Crippen molar-refractivity contribution in [3.8, 4) is 11.8 Å². The van der Waals surface area contributed by atoms with Crippen LogP contribution in [0.5, 0.6) is 0 Å². The summed E-state index contributed by atoms with van der Waals surface area (Å²) < 4.78 is 2.63. The topological polar surface area (TPSA) is 0 Å². The zero-order valence-corrected chi connectivity index (χ0v) is 15.5. The molecule has 0 N–H and O–H groups in total. The number of hydrogen-bond donors (Lipinski definition) is 0. The maximum absolute atomic E-state index is 3.43. The number of allylic oxidation sites excluding steroid dienone is 1. The van der Waals surface area contributed by atoms with E-state index in [9.17, 15) is 0 Å². The van der Waals surface area contributed by atoms with E-state index in [1.54, 1.807) is 0 Å². The van der Waals surface area contributed by atoms with Gasteiger partial charge in [-0.15, -0.1) is 0 Å². The van der Waals surface area contributed by atoms with Crippen molar-refractivity contribution in [2.24, 2.45) is 0 Å². The molecule has 1 heteroatoms. The van der Waals surface area contributed by atoms with Crippen molar-refractivity contribution in [1.29, 1.82) is 0 Å². The van der Waals surface area contributed by atoms with E-state index in [0.29, 0.717) is 0 Å². The SMILES string of the molecule is CCCCCCC#C/C(=C/c1ccccc1)[Se]c1ccccc1. The van der Waals surface area contributed by atoms with Crippen molar-refractivity contribution in [2.45, 2.75) is 39.0 Å². The minimum absolute atomic E-state index is 0.271. The molecule has 0 saturated heterocycles. The molecule has 2 rings (SSSR count). The van der Waals surface area contributed by atoms with Gasteiger partial charge in [0.15, 0.2) is 0 Å². The van der Waals surface area contributed by atoms with Gasteiger partial charge in [-0.05, 0) is 0 Å². The van der Waals surface area contributed by atoms with Crippen LogP contribution in [0.15, 0.2) is 65.1 Å². The Labute approximate surface area is 147 Å². The Morgan fingerprint density at radius 2 is 1.61 bits per heavy atom. The zero-order chi connectivity index (χ0) is 16.2. The Morgan fingerprint density at radius 1 is 0.913 bits per heavy atom. The fraction of sp³-hybridized carbons (Fsp3) is 0.273. The van der Waals surface area contributed by atoms with Gasteiger partial charge in [-0.2, -0.15) is 0 Å². The quantitative estimate of drug-likeness (QED) is 0.366. The number of rotatable bonds is 7. The van der Waals surface area contributed by atoms with E-state index < -0.39 is 0 Å². The van der Waals surface area contributed by atoms with Crippen LogP contribution in [-0.4, -0.2) is 15.0 Å². The van der Waals surface area contributed by atoms with Crippen LogP contribution >= 0.6 is 0 Å². The summed E-state index contributed by atoms with van der Waals surface area (Å²) in [5.41, 5.74) is 1.24. The fourth-order valence-corrected chi connectivity index (χ4v) is 4.01. The van der Waals surface area contributed by atoms with Gasteiger partial charge >= 0.3 is 147 Å². The molecule has 0 bridgehead atoms. The van der Waals surface area contributed by atoms with Gasteiger partial charge in [0.2, 0.25) is 0 Å². The van der Waals surface area contributed by atoms with Gasteiger partial charge in [-0.1, -0.05) is 0 Å². The summed E-state index contributed by atoms with van der Waals surface area (Å²) in [6.07, 6.45) is 8.37. The zero-order valence-electron chi connectivity index (χ0n) is 13.8. The molecule has 2 aromatic rings. The predicted molar refractivity (Wildman–Crippen MR) is 103 cm³/mol. The van der Waals surface area contributed by atoms with Crippen molar-refractivity contribution in [2.75, 3.05) is 0 Å². The molecule has 0 radical (unpaired) electrons. The minimum atomic E-state index is 0.271. The standard InChI is InChI=1S/C22H24Se/c1-2-3-4-5-6-11-18-22(19-20-14-9-7-10-15-20)23-21-16-12-8-13-17-21/h7-10,12-17,19H,2-6H2,1H3/b22-19-. The van der Waals surface area contributed by atoms with Gasteiger partial charge < -0.3 is 0 Å². The monoisotopic (exact) mass is 368 g/mol. The van der Waals surface area contributed by atoms with Crippen molar-refractivity contribution >= 4 is 25.5 Å². The van der Waals surface area contributed by atoms with Crippen LogP contribution in [0.2, 0.25) is 0 Å². The predicted octanol–water partition coefficient (Wildman–Crippen LogP) is 5.03. The third-order valence-corrected chi connectivity index (χ3v) is 5.42. The summed E-state index contributed by atoms with van der Waals surface area (Å²) in [6, 6.07) is 21.2. The molecule has 0 heterocycles. The third kappa shape index (κ3) is 7.38. The summed E-state index contributed by atoms with van der Waals surface area (Å²) in [7, 11) is 0. The van der Waals surface area contributed by atoms with Gasteiger partial charge in [-0.3, -0.25) is 0 Å². The average Bonchev–Trinajstić information content (AvgIpc) is 2.60. The summed E-state index contributed by atoms with van der Waals surface area (Å²) in [4.78, 5) is 0. The first-order valence-corrected chi connectivity index (χ1v) is 10.1. The second-order valence-electron chi connectivity index (χ2n) is 5.45. The molecule has 118 valence electrons. The Kier molecular flexibility index (Phi) is 8.34. The van der Waals surface area contributed by atoms with Crippen molar-refractivity contribution in [3.05, 3.63) is 70.7 Å². The van der Waals surface area contributed by atoms with Gasteiger partial charge in [0.05, 0.1) is 0 Å². The van der Waals surface area contributed by atoms with Gasteiger partial charge in [0, 0.05) is 0 Å². The normalized spacial score (nSPS) is 10.9. The van der Waals surface area contributed by atoms with Gasteiger partial charge in [-0.25, -0.2) is 0 Å². The molecule has 0 saturated carbocycles. The molecule has 0 fully saturated rings. The van der Waals surface area contributed by atoms with Crippen LogP contribution in [0, 0.1) is 11.8 Å². The van der Waals surface area contributed by atoms with Crippen LogP contribution in [0.4, 0.5) is 0 Å². The van der Waals surface area contributed by atoms with Crippen LogP contribution in [0.1, 0.15) is 44.6 Å². The molecule has 0 aromatic heterocycles. The van der Waals surface area contributed by atoms with E-state index >= 15 is 0 Å². The Hall–Kier alpha value is -1.74. The second kappa shape index (κ2) is 10.9. The Morgan fingerprint density at radius 3 is 2.30 bits per heavy atom. The molecule has 0 atom stereocenters. The molecule has 0 aliphatic rings. The molecule has 0 aliphatic heterocycles. The van der Waals surface area contributed by atoms with E-state index in [2.05, 4.69) is 85.5 Å². The average molecular weight is 367 g/mol. The first-order chi connectivity index (χ1) is 11.4. The van der Waals surface area contributed by atoms with Gasteiger partial charge in [0.25, 0.3) is 0 Å². The number of benzene rings is 2. The van der Waals surface area contributed by atoms with E-state index in [-0.39, 0.29) is 15.0 Å². The molecule has 0 aliphatic carbocycles. The Bertz CT molecular complexity index is 645. The van der Waals surface area contributed by atoms with Crippen LogP contribution in [0.25, 0.3) is 6.08 Å². The van der Waals surface area contributed by atoms with Crippen molar-refractivity contribution < 1.29 is 0 Å². The van der Waals surface area contributed by atoms with Crippen molar-refractivity contribution in [1.82, 2.24) is 0 Å². The molecule has 2 aromatic carbocycles. The van der Waals surface area contributed by atoms with E-state index in [0.717, 1.165) is 6.42 Å². The summed E-state index contributed by atoms with van der Waals surface area (Å²) in [6.45, 7) is 2.24. The second-order valence-corrected chi connectivity index (χ2v) is 7.79. The summed E-state index contributed by atoms with van der Waals surface area (Å²) >= 11 is 0.271. The van der Waals surface area contributed by atoms with Crippen LogP contribution < -0.4 is 4.46 Å². The van der Waals surface area contributed by atoms with Crippen LogP contribution in [0.3, 0.4) is 0 Å². The first-order valence-electron chi connectivity index (χ1n) is 8.37. The molecule has 23 heavy (non-hydrogen) atoms. The first kappa shape index (κ1) is 17.6. The van der Waals surface area contributed by atoms with E-state index in [1.165, 1.54) is 40.2 Å². The number of hydrogen-bond acceptors (Lipinski definition) is 0. The van der Waals surface area contributed by atoms with E-state index in [4.69, 9.17) is 0 Å². The molecule has 0 unspecified atom stereocenters. The molecule has 0 spiro atoms. The fourth-order valence-electron chi connectivity index (χ4n) is 2.20. The third-order valence-electron chi connectivity index (χ3n) is 3.44. The van der Waals surface area contributed by atoms with Gasteiger partial charge in [0.1, 0.15) is 0 Å². The molecular weight excluding hydrogens is 343 g/mol. The summed E-state index contributed by atoms with van der Waals surface area (Å²) in [5.74, 6) is 6.81. The van der Waals surface area contributed by atoms with Crippen LogP contribution in [-0.2, 0) is 0 Å².